The number of anilines is 1. The predicted octanol–water partition coefficient (Wildman–Crippen LogP) is 2.54. The molecular weight excluding hydrogens is 316 g/mol. The van der Waals surface area contributed by atoms with E-state index in [9.17, 15) is 13.2 Å². The topological polar surface area (TPSA) is 96.3 Å². The van der Waals surface area contributed by atoms with E-state index in [1.165, 1.54) is 36.4 Å². The Hall–Kier alpha value is -2.85. The molecule has 1 N–H and O–H groups in total. The molecule has 0 aliphatic heterocycles. The molecule has 2 rings (SSSR count). The van der Waals surface area contributed by atoms with Gasteiger partial charge in [-0.25, -0.2) is 13.2 Å². The van der Waals surface area contributed by atoms with E-state index in [4.69, 9.17) is 10.00 Å². The SMILES string of the molecule is CCOC(=O)c1cccc(NS(=O)(=O)c2ccccc2C#N)c1. The number of carbonyl (C=O) groups is 1. The number of esters is 1. The molecule has 2 aromatic carbocycles. The molecule has 0 spiro atoms. The Morgan fingerprint density at radius 3 is 2.65 bits per heavy atom. The van der Waals surface area contributed by atoms with Crippen LogP contribution in [0, 0.1) is 11.3 Å². The molecule has 7 heteroatoms. The van der Waals surface area contributed by atoms with E-state index in [2.05, 4.69) is 4.72 Å². The second-order valence-electron chi connectivity index (χ2n) is 4.51. The summed E-state index contributed by atoms with van der Waals surface area (Å²) < 4.78 is 32.1. The van der Waals surface area contributed by atoms with Crippen molar-refractivity contribution in [1.29, 1.82) is 5.26 Å². The van der Waals surface area contributed by atoms with Gasteiger partial charge in [-0.2, -0.15) is 5.26 Å². The summed E-state index contributed by atoms with van der Waals surface area (Å²) in [6, 6.07) is 13.7. The maximum Gasteiger partial charge on any atom is 0.338 e. The largest absolute Gasteiger partial charge is 0.462 e. The number of nitrogens with zero attached hydrogens (tertiary/aromatic N) is 1. The number of nitriles is 1. The minimum atomic E-state index is -3.94. The molecule has 2 aromatic rings. The fourth-order valence-corrected chi connectivity index (χ4v) is 3.14. The van der Waals surface area contributed by atoms with Crippen LogP contribution in [0.2, 0.25) is 0 Å². The van der Waals surface area contributed by atoms with Crippen LogP contribution in [0.3, 0.4) is 0 Å². The van der Waals surface area contributed by atoms with Gasteiger partial charge < -0.3 is 4.74 Å². The number of hydrogen-bond donors (Lipinski definition) is 1. The van der Waals surface area contributed by atoms with Crippen molar-refractivity contribution in [3.8, 4) is 6.07 Å². The number of ether oxygens (including phenoxy) is 1. The zero-order valence-corrected chi connectivity index (χ0v) is 13.1. The zero-order valence-electron chi connectivity index (χ0n) is 12.3. The Labute approximate surface area is 134 Å². The van der Waals surface area contributed by atoms with Gasteiger partial charge in [0.1, 0.15) is 11.0 Å². The average Bonchev–Trinajstić information content (AvgIpc) is 2.55. The Morgan fingerprint density at radius 1 is 1.22 bits per heavy atom. The van der Waals surface area contributed by atoms with Crippen molar-refractivity contribution >= 4 is 21.7 Å². The monoisotopic (exact) mass is 330 g/mol. The lowest BCUT2D eigenvalue weighted by molar-refractivity contribution is 0.0526. The van der Waals surface area contributed by atoms with E-state index in [-0.39, 0.29) is 28.3 Å². The molecular formula is C16H14N2O4S. The fourth-order valence-electron chi connectivity index (χ4n) is 1.93. The summed E-state index contributed by atoms with van der Waals surface area (Å²) in [6.07, 6.45) is 0. The molecule has 0 aliphatic carbocycles. The van der Waals surface area contributed by atoms with E-state index in [0.29, 0.717) is 0 Å². The highest BCUT2D eigenvalue weighted by atomic mass is 32.2. The summed E-state index contributed by atoms with van der Waals surface area (Å²) in [7, 11) is -3.94. The molecule has 0 amide bonds. The molecule has 0 aliphatic rings. The van der Waals surface area contributed by atoms with Crippen molar-refractivity contribution in [1.82, 2.24) is 0 Å². The molecule has 118 valence electrons. The molecule has 6 nitrogen and oxygen atoms in total. The third-order valence-corrected chi connectivity index (χ3v) is 4.36. The highest BCUT2D eigenvalue weighted by molar-refractivity contribution is 7.92. The van der Waals surface area contributed by atoms with Crippen molar-refractivity contribution in [3.05, 3.63) is 59.7 Å². The summed E-state index contributed by atoms with van der Waals surface area (Å²) >= 11 is 0. The summed E-state index contributed by atoms with van der Waals surface area (Å²) in [5.74, 6) is -0.536. The van der Waals surface area contributed by atoms with Crippen LogP contribution >= 0.6 is 0 Å². The average molecular weight is 330 g/mol. The van der Waals surface area contributed by atoms with Crippen LogP contribution in [0.15, 0.2) is 53.4 Å². The first-order valence-electron chi connectivity index (χ1n) is 6.77. The molecule has 0 saturated heterocycles. The van der Waals surface area contributed by atoms with Gasteiger partial charge in [0.25, 0.3) is 10.0 Å². The Balaban J connectivity index is 2.33. The summed E-state index contributed by atoms with van der Waals surface area (Å²) in [5.41, 5.74) is 0.491. The van der Waals surface area contributed by atoms with E-state index in [1.807, 2.05) is 6.07 Å². The molecule has 23 heavy (non-hydrogen) atoms. The summed E-state index contributed by atoms with van der Waals surface area (Å²) in [4.78, 5) is 11.6. The van der Waals surface area contributed by atoms with Crippen molar-refractivity contribution < 1.29 is 17.9 Å². The van der Waals surface area contributed by atoms with Gasteiger partial charge in [-0.3, -0.25) is 4.72 Å². The highest BCUT2D eigenvalue weighted by Gasteiger charge is 2.19. The molecule has 0 atom stereocenters. The molecule has 0 fully saturated rings. The number of carbonyl (C=O) groups excluding carboxylic acids is 1. The molecule has 0 saturated carbocycles. The fraction of sp³-hybridized carbons (Fsp3) is 0.125. The van der Waals surface area contributed by atoms with Crippen LogP contribution in [0.25, 0.3) is 0 Å². The smallest absolute Gasteiger partial charge is 0.338 e. The lowest BCUT2D eigenvalue weighted by atomic mass is 10.2. The van der Waals surface area contributed by atoms with E-state index in [0.717, 1.165) is 0 Å². The van der Waals surface area contributed by atoms with Crippen LogP contribution in [0.1, 0.15) is 22.8 Å². The van der Waals surface area contributed by atoms with Gasteiger partial charge >= 0.3 is 5.97 Å². The normalized spacial score (nSPS) is 10.6. The highest BCUT2D eigenvalue weighted by Crippen LogP contribution is 2.20. The molecule has 0 heterocycles. The minimum Gasteiger partial charge on any atom is -0.462 e. The maximum atomic E-state index is 12.4. The van der Waals surface area contributed by atoms with Crippen LogP contribution in [-0.4, -0.2) is 21.0 Å². The van der Waals surface area contributed by atoms with E-state index < -0.39 is 16.0 Å². The van der Waals surface area contributed by atoms with Gasteiger partial charge in [0.15, 0.2) is 0 Å². The lowest BCUT2D eigenvalue weighted by Gasteiger charge is -2.10. The van der Waals surface area contributed by atoms with E-state index >= 15 is 0 Å². The first-order valence-corrected chi connectivity index (χ1v) is 8.25. The Bertz CT molecular complexity index is 870. The van der Waals surface area contributed by atoms with Gasteiger partial charge in [0.2, 0.25) is 0 Å². The third kappa shape index (κ3) is 3.87. The van der Waals surface area contributed by atoms with Crippen LogP contribution in [0.5, 0.6) is 0 Å². The zero-order chi connectivity index (χ0) is 16.9. The quantitative estimate of drug-likeness (QED) is 0.850. The molecule has 0 bridgehead atoms. The molecule has 0 aromatic heterocycles. The number of sulfonamides is 1. The third-order valence-electron chi connectivity index (χ3n) is 2.92. The van der Waals surface area contributed by atoms with Crippen molar-refractivity contribution in [3.63, 3.8) is 0 Å². The maximum absolute atomic E-state index is 12.4. The van der Waals surface area contributed by atoms with Crippen molar-refractivity contribution in [2.45, 2.75) is 11.8 Å². The second kappa shape index (κ2) is 6.94. The predicted molar refractivity (Wildman–Crippen MR) is 84.4 cm³/mol. The first kappa shape index (κ1) is 16.5. The van der Waals surface area contributed by atoms with Crippen LogP contribution in [-0.2, 0) is 14.8 Å². The van der Waals surface area contributed by atoms with Crippen LogP contribution < -0.4 is 4.72 Å². The van der Waals surface area contributed by atoms with Gasteiger partial charge in [0, 0.05) is 5.69 Å². The molecule has 0 radical (unpaired) electrons. The Kier molecular flexibility index (Phi) is 4.98. The second-order valence-corrected chi connectivity index (χ2v) is 6.17. The van der Waals surface area contributed by atoms with Crippen molar-refractivity contribution in [2.24, 2.45) is 0 Å². The number of hydrogen-bond acceptors (Lipinski definition) is 5. The Morgan fingerprint density at radius 2 is 1.96 bits per heavy atom. The van der Waals surface area contributed by atoms with Crippen LogP contribution in [0.4, 0.5) is 5.69 Å². The lowest BCUT2D eigenvalue weighted by Crippen LogP contribution is -2.15. The minimum absolute atomic E-state index is 0.0431. The summed E-state index contributed by atoms with van der Waals surface area (Å²) in [6.45, 7) is 1.91. The number of rotatable bonds is 5. The number of nitrogens with one attached hydrogen (secondary N) is 1. The van der Waals surface area contributed by atoms with Gasteiger partial charge in [-0.1, -0.05) is 18.2 Å². The standard InChI is InChI=1S/C16H14N2O4S/c1-2-22-16(19)12-7-5-8-14(10-12)18-23(20,21)15-9-4-3-6-13(15)11-17/h3-10,18H,2H2,1H3. The van der Waals surface area contributed by atoms with Gasteiger partial charge in [0.05, 0.1) is 17.7 Å². The summed E-state index contributed by atoms with van der Waals surface area (Å²) in [5, 5.41) is 9.02. The van der Waals surface area contributed by atoms with Gasteiger partial charge in [-0.15, -0.1) is 0 Å². The first-order chi connectivity index (χ1) is 11.0. The van der Waals surface area contributed by atoms with Crippen molar-refractivity contribution in [2.75, 3.05) is 11.3 Å². The van der Waals surface area contributed by atoms with E-state index in [1.54, 1.807) is 19.1 Å². The van der Waals surface area contributed by atoms with Gasteiger partial charge in [-0.05, 0) is 37.3 Å². The molecule has 0 unspecified atom stereocenters. The number of benzene rings is 2.